The van der Waals surface area contributed by atoms with Crippen molar-refractivity contribution in [1.82, 2.24) is 0 Å². The molecule has 0 heterocycles. The van der Waals surface area contributed by atoms with Gasteiger partial charge in [0.1, 0.15) is 5.75 Å². The molecule has 0 saturated carbocycles. The van der Waals surface area contributed by atoms with Crippen LogP contribution in [0.15, 0.2) is 24.3 Å². The Bertz CT molecular complexity index is 292. The van der Waals surface area contributed by atoms with Crippen LogP contribution in [0.3, 0.4) is 0 Å². The number of benzene rings is 1. The number of hydrogen-bond donors (Lipinski definition) is 0. The van der Waals surface area contributed by atoms with E-state index in [1.807, 2.05) is 24.3 Å². The molecule has 0 radical (unpaired) electrons. The molecule has 0 aliphatic heterocycles. The Morgan fingerprint density at radius 1 is 1.38 bits per heavy atom. The molecule has 1 rings (SSSR count). The summed E-state index contributed by atoms with van der Waals surface area (Å²) in [5.74, 6) is 0.519. The van der Waals surface area contributed by atoms with Crippen LogP contribution < -0.4 is 4.74 Å². The van der Waals surface area contributed by atoms with Crippen molar-refractivity contribution in [2.24, 2.45) is 0 Å². The number of carbonyl (C=O) groups is 1. The Balaban J connectivity index is 2.85. The molecule has 2 nitrogen and oxygen atoms in total. The lowest BCUT2D eigenvalue weighted by atomic mass is 10.0. The lowest BCUT2D eigenvalue weighted by Gasteiger charge is -2.06. The number of carbonyl (C=O) groups excluding carboxylic acids is 1. The first kappa shape index (κ1) is 10.1. The number of rotatable bonds is 3. The monoisotopic (exact) mass is 198 g/mol. The van der Waals surface area contributed by atoms with Crippen LogP contribution in [0.5, 0.6) is 5.75 Å². The molecule has 0 aliphatic rings. The van der Waals surface area contributed by atoms with Gasteiger partial charge in [-0.1, -0.05) is 19.1 Å². The Labute approximate surface area is 82.5 Å². The van der Waals surface area contributed by atoms with Crippen molar-refractivity contribution in [1.29, 1.82) is 0 Å². The lowest BCUT2D eigenvalue weighted by Crippen LogP contribution is -2.01. The number of halogens is 1. The zero-order valence-electron chi connectivity index (χ0n) is 7.58. The van der Waals surface area contributed by atoms with Crippen molar-refractivity contribution < 1.29 is 9.53 Å². The van der Waals surface area contributed by atoms with Crippen LogP contribution >= 0.6 is 11.6 Å². The quantitative estimate of drug-likeness (QED) is 0.698. The first-order chi connectivity index (χ1) is 6.15. The highest BCUT2D eigenvalue weighted by Gasteiger charge is 2.11. The van der Waals surface area contributed by atoms with Gasteiger partial charge in [-0.25, -0.2) is 0 Å². The van der Waals surface area contributed by atoms with Gasteiger partial charge in [-0.2, -0.15) is 0 Å². The van der Waals surface area contributed by atoms with Gasteiger partial charge >= 0.3 is 0 Å². The van der Waals surface area contributed by atoms with E-state index in [9.17, 15) is 4.79 Å². The molecular formula is C10H11ClO2. The highest BCUT2D eigenvalue weighted by atomic mass is 35.5. The van der Waals surface area contributed by atoms with Gasteiger partial charge in [-0.3, -0.25) is 4.79 Å². The Kier molecular flexibility index (Phi) is 3.32. The van der Waals surface area contributed by atoms with Crippen LogP contribution in [-0.2, 0) is 4.79 Å². The van der Waals surface area contributed by atoms with Gasteiger partial charge < -0.3 is 4.74 Å². The fraction of sp³-hybridized carbons (Fsp3) is 0.300. The molecule has 0 aromatic heterocycles. The average Bonchev–Trinajstić information content (AvgIpc) is 2.17. The van der Waals surface area contributed by atoms with Crippen LogP contribution in [0.25, 0.3) is 0 Å². The predicted molar refractivity (Wildman–Crippen MR) is 52.3 cm³/mol. The van der Waals surface area contributed by atoms with Crippen LogP contribution in [-0.4, -0.2) is 12.4 Å². The molecule has 3 heteroatoms. The SMILES string of the molecule is COc1ccc(C(C)C(=O)Cl)cc1. The van der Waals surface area contributed by atoms with Crippen molar-refractivity contribution in [3.05, 3.63) is 29.8 Å². The normalized spacial score (nSPS) is 12.2. The maximum atomic E-state index is 10.8. The highest BCUT2D eigenvalue weighted by molar-refractivity contribution is 6.64. The summed E-state index contributed by atoms with van der Waals surface area (Å²) in [4.78, 5) is 10.8. The maximum absolute atomic E-state index is 10.8. The van der Waals surface area contributed by atoms with E-state index < -0.39 is 0 Å². The third-order valence-corrected chi connectivity index (χ3v) is 2.28. The van der Waals surface area contributed by atoms with Gasteiger partial charge in [0.05, 0.1) is 13.0 Å². The molecule has 0 bridgehead atoms. The number of methoxy groups -OCH3 is 1. The van der Waals surface area contributed by atoms with E-state index in [-0.39, 0.29) is 11.2 Å². The third-order valence-electron chi connectivity index (χ3n) is 1.96. The number of ether oxygens (including phenoxy) is 1. The summed E-state index contributed by atoms with van der Waals surface area (Å²) in [5.41, 5.74) is 0.904. The Morgan fingerprint density at radius 3 is 2.31 bits per heavy atom. The van der Waals surface area contributed by atoms with E-state index in [0.29, 0.717) is 0 Å². The minimum atomic E-state index is -0.342. The minimum absolute atomic E-state index is 0.257. The summed E-state index contributed by atoms with van der Waals surface area (Å²) >= 11 is 5.37. The first-order valence-corrected chi connectivity index (χ1v) is 4.36. The second-order valence-corrected chi connectivity index (χ2v) is 3.17. The van der Waals surface area contributed by atoms with Crippen LogP contribution in [0.4, 0.5) is 0 Å². The molecule has 1 atom stereocenters. The molecule has 0 saturated heterocycles. The van der Waals surface area contributed by atoms with E-state index >= 15 is 0 Å². The molecule has 1 unspecified atom stereocenters. The summed E-state index contributed by atoms with van der Waals surface area (Å²) in [7, 11) is 1.60. The van der Waals surface area contributed by atoms with E-state index in [2.05, 4.69) is 0 Å². The second-order valence-electron chi connectivity index (χ2n) is 2.80. The van der Waals surface area contributed by atoms with E-state index in [0.717, 1.165) is 11.3 Å². The highest BCUT2D eigenvalue weighted by Crippen LogP contribution is 2.20. The Hall–Kier alpha value is -1.02. The fourth-order valence-corrected chi connectivity index (χ4v) is 1.15. The van der Waals surface area contributed by atoms with Crippen molar-refractivity contribution in [2.75, 3.05) is 7.11 Å². The lowest BCUT2D eigenvalue weighted by molar-refractivity contribution is -0.112. The maximum Gasteiger partial charge on any atom is 0.228 e. The zero-order chi connectivity index (χ0) is 9.84. The van der Waals surface area contributed by atoms with Crippen molar-refractivity contribution in [3.63, 3.8) is 0 Å². The second kappa shape index (κ2) is 4.28. The zero-order valence-corrected chi connectivity index (χ0v) is 8.34. The van der Waals surface area contributed by atoms with E-state index in [1.54, 1.807) is 14.0 Å². The standard InChI is InChI=1S/C10H11ClO2/c1-7(10(11)12)8-3-5-9(13-2)6-4-8/h3-7H,1-2H3. The molecule has 0 spiro atoms. The van der Waals surface area contributed by atoms with Gasteiger partial charge in [0.15, 0.2) is 0 Å². The summed E-state index contributed by atoms with van der Waals surface area (Å²) in [6.45, 7) is 1.77. The topological polar surface area (TPSA) is 26.3 Å². The molecule has 0 N–H and O–H groups in total. The van der Waals surface area contributed by atoms with Crippen LogP contribution in [0.1, 0.15) is 18.4 Å². The largest absolute Gasteiger partial charge is 0.497 e. The molecule has 0 aliphatic carbocycles. The number of hydrogen-bond acceptors (Lipinski definition) is 2. The van der Waals surface area contributed by atoms with Crippen molar-refractivity contribution >= 4 is 16.8 Å². The van der Waals surface area contributed by atoms with Crippen LogP contribution in [0.2, 0.25) is 0 Å². The van der Waals surface area contributed by atoms with Crippen LogP contribution in [0, 0.1) is 0 Å². The molecule has 70 valence electrons. The van der Waals surface area contributed by atoms with E-state index in [4.69, 9.17) is 16.3 Å². The molecule has 13 heavy (non-hydrogen) atoms. The van der Waals surface area contributed by atoms with E-state index in [1.165, 1.54) is 0 Å². The van der Waals surface area contributed by atoms with Gasteiger partial charge in [-0.05, 0) is 29.3 Å². The molecule has 1 aromatic carbocycles. The predicted octanol–water partition coefficient (Wildman–Crippen LogP) is 2.56. The van der Waals surface area contributed by atoms with Gasteiger partial charge in [0.25, 0.3) is 0 Å². The average molecular weight is 199 g/mol. The molecule has 0 fully saturated rings. The Morgan fingerprint density at radius 2 is 1.92 bits per heavy atom. The fourth-order valence-electron chi connectivity index (χ4n) is 1.02. The first-order valence-electron chi connectivity index (χ1n) is 3.98. The summed E-state index contributed by atoms with van der Waals surface area (Å²) in [6, 6.07) is 7.30. The van der Waals surface area contributed by atoms with Gasteiger partial charge in [-0.15, -0.1) is 0 Å². The van der Waals surface area contributed by atoms with Crippen molar-refractivity contribution in [2.45, 2.75) is 12.8 Å². The smallest absolute Gasteiger partial charge is 0.228 e. The molecular weight excluding hydrogens is 188 g/mol. The minimum Gasteiger partial charge on any atom is -0.497 e. The third kappa shape index (κ3) is 2.46. The summed E-state index contributed by atoms with van der Waals surface area (Å²) < 4.78 is 4.99. The summed E-state index contributed by atoms with van der Waals surface area (Å²) in [5, 5.41) is -0.342. The molecule has 0 amide bonds. The molecule has 1 aromatic rings. The van der Waals surface area contributed by atoms with Crippen molar-refractivity contribution in [3.8, 4) is 5.75 Å². The van der Waals surface area contributed by atoms with Gasteiger partial charge in [0, 0.05) is 0 Å². The van der Waals surface area contributed by atoms with Gasteiger partial charge in [0.2, 0.25) is 5.24 Å². The summed E-state index contributed by atoms with van der Waals surface area (Å²) in [6.07, 6.45) is 0.